The van der Waals surface area contributed by atoms with Gasteiger partial charge in [0.25, 0.3) is 0 Å². The van der Waals surface area contributed by atoms with E-state index in [1.165, 1.54) is 10.9 Å². The van der Waals surface area contributed by atoms with Crippen molar-refractivity contribution in [1.82, 2.24) is 9.55 Å². The summed E-state index contributed by atoms with van der Waals surface area (Å²) >= 11 is 0. The van der Waals surface area contributed by atoms with E-state index in [1.807, 2.05) is 55.5 Å². The fourth-order valence-corrected chi connectivity index (χ4v) is 1.97. The summed E-state index contributed by atoms with van der Waals surface area (Å²) in [7, 11) is 1.74. The second-order valence-electron chi connectivity index (χ2n) is 4.70. The topological polar surface area (TPSA) is 38.1 Å². The molecule has 0 saturated carbocycles. The van der Waals surface area contributed by atoms with Gasteiger partial charge in [-0.3, -0.25) is 9.47 Å². The van der Waals surface area contributed by atoms with Gasteiger partial charge >= 0.3 is 6.03 Å². The van der Waals surface area contributed by atoms with Gasteiger partial charge in [0.15, 0.2) is 0 Å². The van der Waals surface area contributed by atoms with Crippen LogP contribution in [0.1, 0.15) is 12.6 Å². The van der Waals surface area contributed by atoms with Crippen LogP contribution in [0.3, 0.4) is 0 Å². The monoisotopic (exact) mass is 293 g/mol. The van der Waals surface area contributed by atoms with Crippen molar-refractivity contribution in [2.24, 2.45) is 0 Å². The first-order valence-electron chi connectivity index (χ1n) is 7.00. The van der Waals surface area contributed by atoms with Gasteiger partial charge in [-0.2, -0.15) is 0 Å². The van der Waals surface area contributed by atoms with Gasteiger partial charge in [0.05, 0.1) is 5.69 Å². The second kappa shape index (κ2) is 7.22. The summed E-state index contributed by atoms with van der Waals surface area (Å²) in [6.45, 7) is 5.72. The maximum atomic E-state index is 12.5. The third kappa shape index (κ3) is 3.41. The van der Waals surface area contributed by atoms with Gasteiger partial charge < -0.3 is 0 Å². The first kappa shape index (κ1) is 15.5. The van der Waals surface area contributed by atoms with Crippen molar-refractivity contribution in [1.29, 1.82) is 0 Å². The van der Waals surface area contributed by atoms with Gasteiger partial charge in [-0.15, -0.1) is 0 Å². The van der Waals surface area contributed by atoms with Crippen LogP contribution < -0.4 is 4.90 Å². The van der Waals surface area contributed by atoms with E-state index in [1.54, 1.807) is 24.2 Å². The Balaban J connectivity index is 2.24. The quantitative estimate of drug-likeness (QED) is 0.795. The van der Waals surface area contributed by atoms with Gasteiger partial charge in [0.1, 0.15) is 6.33 Å². The average Bonchev–Trinajstić information content (AvgIpc) is 3.05. The normalized spacial score (nSPS) is 11.6. The molecule has 0 atom stereocenters. The van der Waals surface area contributed by atoms with Crippen LogP contribution in [0.5, 0.6) is 0 Å². The van der Waals surface area contributed by atoms with E-state index in [-0.39, 0.29) is 6.03 Å². The predicted molar refractivity (Wildman–Crippen MR) is 90.9 cm³/mol. The Morgan fingerprint density at radius 1 is 1.32 bits per heavy atom. The highest BCUT2D eigenvalue weighted by Crippen LogP contribution is 2.16. The van der Waals surface area contributed by atoms with E-state index >= 15 is 0 Å². The molecule has 1 aromatic heterocycles. The van der Waals surface area contributed by atoms with E-state index in [4.69, 9.17) is 0 Å². The minimum Gasteiger partial charge on any atom is -0.297 e. The number of para-hydroxylation sites is 1. The third-order valence-electron chi connectivity index (χ3n) is 3.22. The molecule has 0 aliphatic carbocycles. The lowest BCUT2D eigenvalue weighted by atomic mass is 10.2. The Kier molecular flexibility index (Phi) is 5.09. The molecule has 0 radical (unpaired) electrons. The molecule has 0 aliphatic heterocycles. The molecule has 0 aliphatic rings. The van der Waals surface area contributed by atoms with Gasteiger partial charge in [-0.25, -0.2) is 9.78 Å². The highest BCUT2D eigenvalue weighted by molar-refractivity contribution is 5.93. The molecule has 2 rings (SSSR count). The molecule has 0 N–H and O–H groups in total. The summed E-state index contributed by atoms with van der Waals surface area (Å²) in [5, 5.41) is 0. The fourth-order valence-electron chi connectivity index (χ4n) is 1.97. The van der Waals surface area contributed by atoms with Crippen LogP contribution in [-0.2, 0) is 0 Å². The van der Waals surface area contributed by atoms with Crippen LogP contribution in [0.25, 0.3) is 5.57 Å². The first-order valence-corrected chi connectivity index (χ1v) is 7.00. The van der Waals surface area contributed by atoms with E-state index in [9.17, 15) is 4.79 Å². The zero-order valence-corrected chi connectivity index (χ0v) is 12.8. The number of hydrogen-bond acceptors (Lipinski definition) is 2. The molecule has 112 valence electrons. The van der Waals surface area contributed by atoms with E-state index < -0.39 is 0 Å². The molecule has 4 heteroatoms. The van der Waals surface area contributed by atoms with Gasteiger partial charge in [0, 0.05) is 24.5 Å². The maximum absolute atomic E-state index is 12.5. The molecule has 0 spiro atoms. The summed E-state index contributed by atoms with van der Waals surface area (Å²) in [6, 6.07) is 9.31. The lowest BCUT2D eigenvalue weighted by Crippen LogP contribution is -2.30. The van der Waals surface area contributed by atoms with Crippen molar-refractivity contribution in [3.8, 4) is 0 Å². The number of hydrogen-bond donors (Lipinski definition) is 0. The number of carbonyl (C=O) groups is 1. The number of nitrogens with zero attached hydrogens (tertiary/aromatic N) is 3. The van der Waals surface area contributed by atoms with Crippen LogP contribution in [-0.4, -0.2) is 22.6 Å². The zero-order chi connectivity index (χ0) is 15.9. The summed E-state index contributed by atoms with van der Waals surface area (Å²) in [5.74, 6) is 0. The number of rotatable bonds is 4. The zero-order valence-electron chi connectivity index (χ0n) is 12.8. The SMILES string of the molecule is C=C/C(=C\C=C/C)c1cn(C(=O)N(C)c2ccccc2)cn1. The molecule has 4 nitrogen and oxygen atoms in total. The minimum atomic E-state index is -0.167. The number of allylic oxidation sites excluding steroid dienone is 5. The minimum absolute atomic E-state index is 0.167. The molecule has 22 heavy (non-hydrogen) atoms. The Morgan fingerprint density at radius 2 is 2.05 bits per heavy atom. The van der Waals surface area contributed by atoms with E-state index in [2.05, 4.69) is 11.6 Å². The van der Waals surface area contributed by atoms with E-state index in [0.717, 1.165) is 11.3 Å². The summed E-state index contributed by atoms with van der Waals surface area (Å²) in [4.78, 5) is 18.3. The Morgan fingerprint density at radius 3 is 2.68 bits per heavy atom. The largest absolute Gasteiger partial charge is 0.333 e. The van der Waals surface area contributed by atoms with Crippen molar-refractivity contribution in [2.45, 2.75) is 6.92 Å². The van der Waals surface area contributed by atoms with Crippen LogP contribution in [0.15, 0.2) is 73.7 Å². The summed E-state index contributed by atoms with van der Waals surface area (Å²) in [5.41, 5.74) is 2.41. The molecule has 1 heterocycles. The van der Waals surface area contributed by atoms with Crippen LogP contribution >= 0.6 is 0 Å². The van der Waals surface area contributed by atoms with Gasteiger partial charge in [0.2, 0.25) is 0 Å². The molecule has 0 unspecified atom stereocenters. The smallest absolute Gasteiger partial charge is 0.297 e. The van der Waals surface area contributed by atoms with Crippen LogP contribution in [0.2, 0.25) is 0 Å². The highest BCUT2D eigenvalue weighted by Gasteiger charge is 2.14. The van der Waals surface area contributed by atoms with Crippen molar-refractivity contribution in [3.63, 3.8) is 0 Å². The van der Waals surface area contributed by atoms with Crippen molar-refractivity contribution in [3.05, 3.63) is 79.4 Å². The Hall–Kier alpha value is -2.88. The Bertz CT molecular complexity index is 711. The molecular weight excluding hydrogens is 274 g/mol. The summed E-state index contributed by atoms with van der Waals surface area (Å²) < 4.78 is 1.47. The van der Waals surface area contributed by atoms with Gasteiger partial charge in [-0.1, -0.05) is 49.1 Å². The molecule has 1 amide bonds. The highest BCUT2D eigenvalue weighted by atomic mass is 16.2. The third-order valence-corrected chi connectivity index (χ3v) is 3.22. The molecule has 2 aromatic rings. The molecule has 1 aromatic carbocycles. The second-order valence-corrected chi connectivity index (χ2v) is 4.70. The lowest BCUT2D eigenvalue weighted by molar-refractivity contribution is 0.249. The summed E-state index contributed by atoms with van der Waals surface area (Å²) in [6.07, 6.45) is 10.7. The predicted octanol–water partition coefficient (Wildman–Crippen LogP) is 4.13. The number of anilines is 1. The van der Waals surface area contributed by atoms with Crippen molar-refractivity contribution < 1.29 is 4.79 Å². The van der Waals surface area contributed by atoms with Crippen LogP contribution in [0.4, 0.5) is 10.5 Å². The number of amides is 1. The number of carbonyl (C=O) groups excluding carboxylic acids is 1. The molecule has 0 bridgehead atoms. The lowest BCUT2D eigenvalue weighted by Gasteiger charge is -2.16. The van der Waals surface area contributed by atoms with E-state index in [0.29, 0.717) is 5.69 Å². The standard InChI is InChI=1S/C18H19N3O/c1-4-6-10-15(5-2)17-13-21(14-19-17)18(22)20(3)16-11-8-7-9-12-16/h4-14H,2H2,1,3H3/b6-4-,15-10+. The Labute approximate surface area is 130 Å². The van der Waals surface area contributed by atoms with Crippen molar-refractivity contribution >= 4 is 17.3 Å². The number of aromatic nitrogens is 2. The number of imidazole rings is 1. The molecule has 0 fully saturated rings. The average molecular weight is 293 g/mol. The molecular formula is C18H19N3O. The first-order chi connectivity index (χ1) is 10.7. The van der Waals surface area contributed by atoms with Crippen molar-refractivity contribution in [2.75, 3.05) is 11.9 Å². The number of benzene rings is 1. The van der Waals surface area contributed by atoms with Gasteiger partial charge in [-0.05, 0) is 19.1 Å². The fraction of sp³-hybridized carbons (Fsp3) is 0.111. The molecule has 0 saturated heterocycles. The van der Waals surface area contributed by atoms with Crippen LogP contribution in [0, 0.1) is 0 Å². The maximum Gasteiger partial charge on any atom is 0.333 e.